The zero-order chi connectivity index (χ0) is 36.3. The van der Waals surface area contributed by atoms with Crippen LogP contribution in [0.3, 0.4) is 0 Å². The van der Waals surface area contributed by atoms with E-state index in [1.807, 2.05) is 0 Å². The van der Waals surface area contributed by atoms with Crippen LogP contribution in [-0.2, 0) is 16.2 Å². The Labute approximate surface area is 304 Å². The lowest BCUT2D eigenvalue weighted by Crippen LogP contribution is -2.56. The van der Waals surface area contributed by atoms with Crippen LogP contribution in [0.5, 0.6) is 0 Å². The molecule has 9 rings (SSSR count). The van der Waals surface area contributed by atoms with Crippen LogP contribution in [-0.4, -0.2) is 15.9 Å². The maximum atomic E-state index is 2.75. The third-order valence-electron chi connectivity index (χ3n) is 12.2. The third-order valence-corrected chi connectivity index (χ3v) is 12.2. The zero-order valence-corrected chi connectivity index (χ0v) is 32.9. The molecule has 0 amide bonds. The highest BCUT2D eigenvalue weighted by atomic mass is 15.0. The van der Waals surface area contributed by atoms with Gasteiger partial charge in [0.25, 0.3) is 0 Å². The van der Waals surface area contributed by atoms with Gasteiger partial charge in [0, 0.05) is 44.2 Å². The zero-order valence-electron chi connectivity index (χ0n) is 32.9. The Kier molecular flexibility index (Phi) is 6.41. The van der Waals surface area contributed by atoms with Crippen molar-refractivity contribution in [2.45, 2.75) is 106 Å². The Morgan fingerprint density at radius 2 is 1.14 bits per heavy atom. The number of aryl methyl sites for hydroxylation is 3. The Morgan fingerprint density at radius 1 is 0.529 bits per heavy atom. The molecule has 0 saturated heterocycles. The predicted molar refractivity (Wildman–Crippen MR) is 223 cm³/mol. The van der Waals surface area contributed by atoms with Crippen LogP contribution in [0.1, 0.15) is 101 Å². The molecule has 7 aromatic rings. The van der Waals surface area contributed by atoms with Crippen LogP contribution in [0.15, 0.2) is 72.8 Å². The Morgan fingerprint density at radius 3 is 1.78 bits per heavy atom. The molecule has 256 valence electrons. The lowest BCUT2D eigenvalue weighted by molar-refractivity contribution is 0.590. The standard InChI is InChI=1S/C48H51BN2/c1-26-19-27(2)41(28(3)20-26)42-29(4)51-44-35(22-31(24-37(42)44)47(8,9)10)33-15-14-16-40-43(33)49(51)38-25-32(48(11,12)13)23-36-34-21-30(46(5,6)7)17-18-39(34)50(40)45(36)38/h14-25H,1-13H3. The van der Waals surface area contributed by atoms with Gasteiger partial charge >= 0.3 is 6.85 Å². The molecule has 5 aromatic carbocycles. The van der Waals surface area contributed by atoms with E-state index in [2.05, 4.69) is 172 Å². The quantitative estimate of drug-likeness (QED) is 0.154. The lowest BCUT2D eigenvalue weighted by Gasteiger charge is -2.35. The Bertz CT molecular complexity index is 2650. The summed E-state index contributed by atoms with van der Waals surface area (Å²) in [5.74, 6) is 0. The molecule has 0 bridgehead atoms. The maximum absolute atomic E-state index is 2.75. The van der Waals surface area contributed by atoms with E-state index in [-0.39, 0.29) is 23.1 Å². The van der Waals surface area contributed by atoms with Crippen LogP contribution >= 0.6 is 0 Å². The van der Waals surface area contributed by atoms with Crippen LogP contribution in [0.4, 0.5) is 0 Å². The molecule has 2 nitrogen and oxygen atoms in total. The van der Waals surface area contributed by atoms with Gasteiger partial charge in [0.2, 0.25) is 0 Å². The van der Waals surface area contributed by atoms with Gasteiger partial charge < -0.3 is 9.05 Å². The van der Waals surface area contributed by atoms with E-state index in [1.165, 1.54) is 111 Å². The van der Waals surface area contributed by atoms with Gasteiger partial charge in [-0.3, -0.25) is 0 Å². The number of fused-ring (bicyclic) bond motifs is 7. The highest BCUT2D eigenvalue weighted by Gasteiger charge is 2.43. The Balaban J connectivity index is 1.50. The SMILES string of the molecule is Cc1cc(C)c(-c2c(C)n3c4c(cc(C(C)(C)C)cc24)-c2cccc4c2B3c2cc(C(C)(C)C)cc3c5cc(C(C)(C)C)ccc5n-4c23)c(C)c1. The van der Waals surface area contributed by atoms with Crippen LogP contribution in [0.2, 0.25) is 0 Å². The van der Waals surface area contributed by atoms with Crippen molar-refractivity contribution >= 4 is 50.5 Å². The molecule has 2 aromatic heterocycles. The molecule has 3 heteroatoms. The summed E-state index contributed by atoms with van der Waals surface area (Å²) < 4.78 is 5.36. The second kappa shape index (κ2) is 10.1. The number of hydrogen-bond donors (Lipinski definition) is 0. The van der Waals surface area contributed by atoms with Gasteiger partial charge in [0.1, 0.15) is 0 Å². The number of aromatic nitrogens is 2. The van der Waals surface area contributed by atoms with Gasteiger partial charge in [0.05, 0.1) is 11.0 Å². The molecule has 2 aliphatic rings. The van der Waals surface area contributed by atoms with Gasteiger partial charge in [-0.05, 0) is 130 Å². The predicted octanol–water partition coefficient (Wildman–Crippen LogP) is 11.5. The summed E-state index contributed by atoms with van der Waals surface area (Å²) in [6, 6.07) is 29.2. The minimum Gasteiger partial charge on any atom is -0.379 e. The molecule has 0 atom stereocenters. The molecule has 0 spiro atoms. The van der Waals surface area contributed by atoms with Crippen LogP contribution < -0.4 is 10.9 Å². The average Bonchev–Trinajstić information content (AvgIpc) is 3.51. The van der Waals surface area contributed by atoms with Crippen molar-refractivity contribution in [2.75, 3.05) is 0 Å². The number of rotatable bonds is 1. The van der Waals surface area contributed by atoms with Gasteiger partial charge in [-0.1, -0.05) is 104 Å². The summed E-state index contributed by atoms with van der Waals surface area (Å²) in [6.45, 7) is 30.5. The first-order valence-corrected chi connectivity index (χ1v) is 18.9. The van der Waals surface area contributed by atoms with Crippen LogP contribution in [0.25, 0.3) is 60.6 Å². The second-order valence-corrected chi connectivity index (χ2v) is 18.9. The first kappa shape index (κ1) is 32.4. The first-order chi connectivity index (χ1) is 23.9. The molecule has 2 aliphatic heterocycles. The maximum Gasteiger partial charge on any atom is 0.332 e. The monoisotopic (exact) mass is 666 g/mol. The Hall–Kier alpha value is -4.50. The van der Waals surface area contributed by atoms with Crippen molar-refractivity contribution in [2.24, 2.45) is 0 Å². The van der Waals surface area contributed by atoms with E-state index in [0.717, 1.165) is 0 Å². The van der Waals surface area contributed by atoms with Gasteiger partial charge in [-0.25, -0.2) is 0 Å². The van der Waals surface area contributed by atoms with Crippen molar-refractivity contribution in [3.63, 3.8) is 0 Å². The van der Waals surface area contributed by atoms with Crippen molar-refractivity contribution < 1.29 is 0 Å². The van der Waals surface area contributed by atoms with Gasteiger partial charge in [-0.2, -0.15) is 0 Å². The molecular formula is C48H51BN2. The largest absolute Gasteiger partial charge is 0.379 e. The van der Waals surface area contributed by atoms with Gasteiger partial charge in [-0.15, -0.1) is 0 Å². The van der Waals surface area contributed by atoms with Crippen molar-refractivity contribution in [3.05, 3.63) is 112 Å². The summed E-state index contributed by atoms with van der Waals surface area (Å²) in [4.78, 5) is 0. The van der Waals surface area contributed by atoms with Crippen molar-refractivity contribution in [1.29, 1.82) is 0 Å². The van der Waals surface area contributed by atoms with E-state index in [9.17, 15) is 0 Å². The second-order valence-electron chi connectivity index (χ2n) is 18.9. The molecule has 0 fully saturated rings. The van der Waals surface area contributed by atoms with E-state index >= 15 is 0 Å². The van der Waals surface area contributed by atoms with Gasteiger partial charge in [0.15, 0.2) is 0 Å². The fourth-order valence-corrected chi connectivity index (χ4v) is 9.65. The van der Waals surface area contributed by atoms with E-state index < -0.39 is 0 Å². The molecule has 0 aliphatic carbocycles. The fraction of sp³-hybridized carbons (Fsp3) is 0.333. The van der Waals surface area contributed by atoms with E-state index in [4.69, 9.17) is 0 Å². The lowest BCUT2D eigenvalue weighted by atomic mass is 9.45. The van der Waals surface area contributed by atoms with E-state index in [1.54, 1.807) is 0 Å². The molecule has 0 radical (unpaired) electrons. The highest BCUT2D eigenvalue weighted by molar-refractivity contribution is 6.89. The first-order valence-electron chi connectivity index (χ1n) is 18.9. The molecule has 0 saturated carbocycles. The molecular weight excluding hydrogens is 615 g/mol. The highest BCUT2D eigenvalue weighted by Crippen LogP contribution is 2.48. The van der Waals surface area contributed by atoms with Crippen molar-refractivity contribution in [3.8, 4) is 27.9 Å². The normalized spacial score (nSPS) is 13.9. The summed E-state index contributed by atoms with van der Waals surface area (Å²) in [5, 5.41) is 4.11. The third kappa shape index (κ3) is 4.36. The number of nitrogens with zero attached hydrogens (tertiary/aromatic N) is 2. The number of hydrogen-bond acceptors (Lipinski definition) is 0. The molecule has 51 heavy (non-hydrogen) atoms. The van der Waals surface area contributed by atoms with E-state index in [0.29, 0.717) is 0 Å². The number of benzene rings is 5. The smallest absolute Gasteiger partial charge is 0.332 e. The minimum absolute atomic E-state index is 0.00276. The summed E-state index contributed by atoms with van der Waals surface area (Å²) in [6.07, 6.45) is 0. The minimum atomic E-state index is -0.00291. The topological polar surface area (TPSA) is 9.86 Å². The fourth-order valence-electron chi connectivity index (χ4n) is 9.65. The molecule has 0 N–H and O–H groups in total. The summed E-state index contributed by atoms with van der Waals surface area (Å²) in [7, 11) is 0. The summed E-state index contributed by atoms with van der Waals surface area (Å²) >= 11 is 0. The van der Waals surface area contributed by atoms with Crippen LogP contribution in [0, 0.1) is 27.7 Å². The van der Waals surface area contributed by atoms with Crippen molar-refractivity contribution in [1.82, 2.24) is 9.05 Å². The average molecular weight is 667 g/mol. The molecule has 4 heterocycles. The summed E-state index contributed by atoms with van der Waals surface area (Å²) in [5.41, 5.74) is 23.3. The molecule has 0 unspecified atom stereocenters.